The third kappa shape index (κ3) is 6.03. The van der Waals surface area contributed by atoms with E-state index in [1.165, 1.54) is 5.56 Å². The van der Waals surface area contributed by atoms with E-state index in [0.717, 1.165) is 63.8 Å². The van der Waals surface area contributed by atoms with E-state index < -0.39 is 9.84 Å². The van der Waals surface area contributed by atoms with Crippen molar-refractivity contribution in [2.24, 2.45) is 5.92 Å². The Bertz CT molecular complexity index is 1420. The number of hydrogen-bond donors (Lipinski definition) is 1. The second-order valence-electron chi connectivity index (χ2n) is 11.1. The van der Waals surface area contributed by atoms with Gasteiger partial charge in [-0.1, -0.05) is 24.3 Å². The molecule has 2 aliphatic rings. The van der Waals surface area contributed by atoms with Crippen LogP contribution in [0.2, 0.25) is 0 Å². The van der Waals surface area contributed by atoms with Crippen LogP contribution in [0, 0.1) is 12.8 Å². The molecule has 5 rings (SSSR count). The molecule has 2 fully saturated rings. The zero-order valence-electron chi connectivity index (χ0n) is 23.4. The molecule has 0 saturated carbocycles. The number of aryl methyl sites for hydroxylation is 1. The number of anilines is 1. The van der Waals surface area contributed by atoms with Crippen molar-refractivity contribution >= 4 is 21.4 Å². The lowest BCUT2D eigenvalue weighted by Gasteiger charge is -2.42. The van der Waals surface area contributed by atoms with Gasteiger partial charge in [-0.15, -0.1) is 0 Å². The van der Waals surface area contributed by atoms with E-state index in [1.54, 1.807) is 43.5 Å². The van der Waals surface area contributed by atoms with Crippen LogP contribution >= 0.6 is 0 Å². The predicted octanol–water partition coefficient (Wildman–Crippen LogP) is 4.98. The summed E-state index contributed by atoms with van der Waals surface area (Å²) in [4.78, 5) is 18.2. The molecule has 0 radical (unpaired) electrons. The van der Waals surface area contributed by atoms with Gasteiger partial charge in [0, 0.05) is 24.8 Å². The average molecular weight is 562 g/mol. The highest BCUT2D eigenvalue weighted by Gasteiger charge is 2.30. The SMILES string of the molecule is COc1ccc(S(=O)(=O)c2ccc(CC3CCN(C4CCN(C(=O)c5cccc(C)c5N)CC4)CC3)cc2)cc1. The van der Waals surface area contributed by atoms with Crippen molar-refractivity contribution in [3.63, 3.8) is 0 Å². The zero-order chi connectivity index (χ0) is 28.3. The third-order valence-corrected chi connectivity index (χ3v) is 10.4. The maximum absolute atomic E-state index is 13.0. The van der Waals surface area contributed by atoms with E-state index in [9.17, 15) is 13.2 Å². The monoisotopic (exact) mass is 561 g/mol. The van der Waals surface area contributed by atoms with Gasteiger partial charge in [-0.3, -0.25) is 4.79 Å². The maximum Gasteiger partial charge on any atom is 0.255 e. The molecule has 212 valence electrons. The topological polar surface area (TPSA) is 92.9 Å². The molecule has 0 unspecified atom stereocenters. The summed E-state index contributed by atoms with van der Waals surface area (Å²) in [6.45, 7) is 5.60. The minimum Gasteiger partial charge on any atom is -0.497 e. The van der Waals surface area contributed by atoms with E-state index in [-0.39, 0.29) is 10.8 Å². The minimum atomic E-state index is -3.56. The number of carbonyl (C=O) groups is 1. The summed E-state index contributed by atoms with van der Waals surface area (Å²) in [6.07, 6.45) is 5.20. The van der Waals surface area contributed by atoms with Gasteiger partial charge in [0.25, 0.3) is 5.91 Å². The second kappa shape index (κ2) is 12.0. The number of carbonyl (C=O) groups excluding carboxylic acids is 1. The van der Waals surface area contributed by atoms with Crippen molar-refractivity contribution < 1.29 is 17.9 Å². The number of ether oxygens (including phenoxy) is 1. The normalized spacial score (nSPS) is 17.6. The van der Waals surface area contributed by atoms with Gasteiger partial charge in [-0.05, 0) is 112 Å². The first kappa shape index (κ1) is 28.2. The van der Waals surface area contributed by atoms with Crippen molar-refractivity contribution in [1.29, 1.82) is 0 Å². The number of nitrogen functional groups attached to an aromatic ring is 1. The van der Waals surface area contributed by atoms with Crippen LogP contribution in [-0.2, 0) is 16.3 Å². The molecule has 2 heterocycles. The Morgan fingerprint density at radius 2 is 1.48 bits per heavy atom. The fraction of sp³-hybridized carbons (Fsp3) is 0.406. The molecule has 0 aromatic heterocycles. The van der Waals surface area contributed by atoms with Crippen LogP contribution in [0.4, 0.5) is 5.69 Å². The molecule has 2 aliphatic heterocycles. The van der Waals surface area contributed by atoms with Gasteiger partial charge in [0.1, 0.15) is 5.75 Å². The largest absolute Gasteiger partial charge is 0.497 e. The van der Waals surface area contributed by atoms with Gasteiger partial charge in [-0.2, -0.15) is 0 Å². The van der Waals surface area contributed by atoms with Crippen molar-refractivity contribution in [2.45, 2.75) is 54.9 Å². The first-order valence-corrected chi connectivity index (χ1v) is 15.6. The summed E-state index contributed by atoms with van der Waals surface area (Å²) in [6, 6.07) is 20.0. The molecule has 3 aromatic carbocycles. The molecular formula is C32H39N3O4S. The summed E-state index contributed by atoms with van der Waals surface area (Å²) in [5, 5.41) is 0. The maximum atomic E-state index is 13.0. The van der Waals surface area contributed by atoms with Gasteiger partial charge in [0.15, 0.2) is 0 Å². The van der Waals surface area contributed by atoms with E-state index in [4.69, 9.17) is 10.5 Å². The number of nitrogens with zero attached hydrogens (tertiary/aromatic N) is 2. The first-order chi connectivity index (χ1) is 19.3. The quantitative estimate of drug-likeness (QED) is 0.409. The van der Waals surface area contributed by atoms with Gasteiger partial charge in [0.05, 0.1) is 22.5 Å². The second-order valence-corrected chi connectivity index (χ2v) is 13.0. The molecule has 0 bridgehead atoms. The Morgan fingerprint density at radius 3 is 2.08 bits per heavy atom. The van der Waals surface area contributed by atoms with Gasteiger partial charge >= 0.3 is 0 Å². The number of benzene rings is 3. The van der Waals surface area contributed by atoms with Gasteiger partial charge < -0.3 is 20.3 Å². The number of para-hydroxylation sites is 1. The molecule has 0 atom stereocenters. The smallest absolute Gasteiger partial charge is 0.255 e. The summed E-state index contributed by atoms with van der Waals surface area (Å²) in [5.74, 6) is 1.26. The fourth-order valence-electron chi connectivity index (χ4n) is 6.02. The Labute approximate surface area is 237 Å². The number of nitrogens with two attached hydrogens (primary N) is 1. The fourth-order valence-corrected chi connectivity index (χ4v) is 7.28. The molecule has 8 heteroatoms. The molecule has 0 aliphatic carbocycles. The molecule has 1 amide bonds. The predicted molar refractivity (Wildman–Crippen MR) is 157 cm³/mol. The molecule has 7 nitrogen and oxygen atoms in total. The van der Waals surface area contributed by atoms with Crippen LogP contribution in [0.15, 0.2) is 76.5 Å². The molecule has 0 spiro atoms. The van der Waals surface area contributed by atoms with E-state index in [2.05, 4.69) is 4.90 Å². The molecule has 3 aromatic rings. The highest BCUT2D eigenvalue weighted by Crippen LogP contribution is 2.29. The number of amides is 1. The van der Waals surface area contributed by atoms with Crippen molar-refractivity contribution in [3.8, 4) is 5.75 Å². The Morgan fingerprint density at radius 1 is 0.875 bits per heavy atom. The third-order valence-electron chi connectivity index (χ3n) is 8.60. The average Bonchev–Trinajstić information content (AvgIpc) is 2.99. The highest BCUT2D eigenvalue weighted by molar-refractivity contribution is 7.91. The number of rotatable bonds is 7. The van der Waals surface area contributed by atoms with Crippen LogP contribution in [-0.4, -0.2) is 63.5 Å². The van der Waals surface area contributed by atoms with Crippen molar-refractivity contribution in [2.75, 3.05) is 39.0 Å². The van der Waals surface area contributed by atoms with Crippen LogP contribution in [0.25, 0.3) is 0 Å². The van der Waals surface area contributed by atoms with E-state index >= 15 is 0 Å². The Balaban J connectivity index is 1.10. The summed E-state index contributed by atoms with van der Waals surface area (Å²) >= 11 is 0. The summed E-state index contributed by atoms with van der Waals surface area (Å²) in [5.41, 5.74) is 9.50. The Kier molecular flexibility index (Phi) is 8.47. The summed E-state index contributed by atoms with van der Waals surface area (Å²) < 4.78 is 31.1. The molecule has 40 heavy (non-hydrogen) atoms. The van der Waals surface area contributed by atoms with Gasteiger partial charge in [0.2, 0.25) is 9.84 Å². The zero-order valence-corrected chi connectivity index (χ0v) is 24.2. The number of piperidine rings is 2. The number of likely N-dealkylation sites (tertiary alicyclic amines) is 2. The lowest BCUT2D eigenvalue weighted by Crippen LogP contribution is -2.49. The number of hydrogen-bond acceptors (Lipinski definition) is 6. The van der Waals surface area contributed by atoms with Crippen LogP contribution < -0.4 is 10.5 Å². The van der Waals surface area contributed by atoms with E-state index in [0.29, 0.717) is 33.9 Å². The Hall–Kier alpha value is -3.36. The van der Waals surface area contributed by atoms with Crippen molar-refractivity contribution in [3.05, 3.63) is 83.4 Å². The lowest BCUT2D eigenvalue weighted by atomic mass is 9.88. The first-order valence-electron chi connectivity index (χ1n) is 14.1. The molecular weight excluding hydrogens is 522 g/mol. The highest BCUT2D eigenvalue weighted by atomic mass is 32.2. The minimum absolute atomic E-state index is 0.0428. The number of sulfone groups is 1. The van der Waals surface area contributed by atoms with Crippen LogP contribution in [0.3, 0.4) is 0 Å². The van der Waals surface area contributed by atoms with Crippen molar-refractivity contribution in [1.82, 2.24) is 9.80 Å². The van der Waals surface area contributed by atoms with Crippen LogP contribution in [0.1, 0.15) is 47.2 Å². The molecule has 2 saturated heterocycles. The molecule has 2 N–H and O–H groups in total. The van der Waals surface area contributed by atoms with E-state index in [1.807, 2.05) is 42.2 Å². The van der Waals surface area contributed by atoms with Gasteiger partial charge in [-0.25, -0.2) is 8.42 Å². The number of methoxy groups -OCH3 is 1. The standard InChI is InChI=1S/C32H39N3O4S/c1-23-4-3-5-30(31(23)33)32(36)35-20-16-26(17-21-35)34-18-14-25(15-19-34)22-24-6-10-28(11-7-24)40(37,38)29-12-8-27(39-2)9-13-29/h3-13,25-26H,14-22,33H2,1-2H3. The van der Waals surface area contributed by atoms with Crippen LogP contribution in [0.5, 0.6) is 5.75 Å². The lowest BCUT2D eigenvalue weighted by molar-refractivity contribution is 0.0553. The summed E-state index contributed by atoms with van der Waals surface area (Å²) in [7, 11) is -2.00.